The van der Waals surface area contributed by atoms with Crippen molar-refractivity contribution in [3.63, 3.8) is 0 Å². The van der Waals surface area contributed by atoms with Gasteiger partial charge in [-0.3, -0.25) is 24.5 Å². The Bertz CT molecular complexity index is 1280. The van der Waals surface area contributed by atoms with Gasteiger partial charge in [0, 0.05) is 58.1 Å². The topological polar surface area (TPSA) is 114 Å². The molecule has 216 valence electrons. The maximum Gasteiger partial charge on any atom is 0.275 e. The third-order valence-corrected chi connectivity index (χ3v) is 7.26. The minimum absolute atomic E-state index is 0.303. The summed E-state index contributed by atoms with van der Waals surface area (Å²) in [5.74, 6) is -1.44. The Kier molecular flexibility index (Phi) is 10.3. The second kappa shape index (κ2) is 14.3. The van der Waals surface area contributed by atoms with Gasteiger partial charge >= 0.3 is 0 Å². The molecule has 1 saturated heterocycles. The number of para-hydroxylation sites is 1. The Morgan fingerprint density at radius 2 is 1.49 bits per heavy atom. The van der Waals surface area contributed by atoms with Crippen molar-refractivity contribution in [3.8, 4) is 16.9 Å². The van der Waals surface area contributed by atoms with Crippen LogP contribution in [-0.4, -0.2) is 92.2 Å². The van der Waals surface area contributed by atoms with Gasteiger partial charge in [-0.2, -0.15) is 0 Å². The lowest BCUT2D eigenvalue weighted by molar-refractivity contribution is -0.140. The first-order chi connectivity index (χ1) is 19.9. The minimum Gasteiger partial charge on any atom is -0.494 e. The molecule has 1 heterocycles. The summed E-state index contributed by atoms with van der Waals surface area (Å²) in [6, 6.07) is 23.7. The molecule has 4 rings (SSSR count). The second-order valence-corrected chi connectivity index (χ2v) is 9.88. The number of carbonyl (C=O) groups is 3. The molecule has 3 aromatic rings. The van der Waals surface area contributed by atoms with E-state index in [4.69, 9.17) is 9.94 Å². The van der Waals surface area contributed by atoms with Gasteiger partial charge < -0.3 is 19.9 Å². The van der Waals surface area contributed by atoms with Crippen LogP contribution in [0.2, 0.25) is 0 Å². The fraction of sp³-hybridized carbons (Fsp3) is 0.323. The number of amides is 3. The number of benzene rings is 3. The van der Waals surface area contributed by atoms with Crippen molar-refractivity contribution in [1.82, 2.24) is 20.6 Å². The lowest BCUT2D eigenvalue weighted by Gasteiger charge is -2.36. The zero-order valence-corrected chi connectivity index (χ0v) is 23.5. The SMILES string of the molecule is CNC(=O)C(C(=O)NO)N(C)C(=O)c1ccc(-c2ccc(OCCCN3CCN(c4ccccc4)CC3)cc2)cc1. The Morgan fingerprint density at radius 1 is 0.878 bits per heavy atom. The average Bonchev–Trinajstić information content (AvgIpc) is 3.03. The molecule has 1 unspecified atom stereocenters. The highest BCUT2D eigenvalue weighted by Crippen LogP contribution is 2.24. The van der Waals surface area contributed by atoms with E-state index in [9.17, 15) is 14.4 Å². The van der Waals surface area contributed by atoms with Crippen LogP contribution in [0.5, 0.6) is 5.75 Å². The van der Waals surface area contributed by atoms with E-state index in [0.29, 0.717) is 12.2 Å². The van der Waals surface area contributed by atoms with Gasteiger partial charge in [0.15, 0.2) is 6.04 Å². The van der Waals surface area contributed by atoms with Crippen LogP contribution >= 0.6 is 0 Å². The number of nitrogens with zero attached hydrogens (tertiary/aromatic N) is 3. The van der Waals surface area contributed by atoms with Gasteiger partial charge in [-0.05, 0) is 53.9 Å². The number of ether oxygens (including phenoxy) is 1. The van der Waals surface area contributed by atoms with Gasteiger partial charge in [0.2, 0.25) is 0 Å². The van der Waals surface area contributed by atoms with Crippen LogP contribution in [0, 0.1) is 0 Å². The first-order valence-corrected chi connectivity index (χ1v) is 13.7. The number of likely N-dealkylation sites (N-methyl/N-ethyl adjacent to an activating group) is 2. The molecule has 0 radical (unpaired) electrons. The second-order valence-electron chi connectivity index (χ2n) is 9.88. The van der Waals surface area contributed by atoms with Crippen LogP contribution in [0.3, 0.4) is 0 Å². The molecule has 1 aliphatic rings. The third-order valence-electron chi connectivity index (χ3n) is 7.26. The van der Waals surface area contributed by atoms with Crippen molar-refractivity contribution < 1.29 is 24.3 Å². The summed E-state index contributed by atoms with van der Waals surface area (Å²) in [6.07, 6.45) is 0.956. The Labute approximate surface area is 240 Å². The third kappa shape index (κ3) is 7.62. The smallest absolute Gasteiger partial charge is 0.275 e. The quantitative estimate of drug-likeness (QED) is 0.143. The Hall–Kier alpha value is -4.41. The molecule has 3 N–H and O–H groups in total. The molecule has 0 saturated carbocycles. The largest absolute Gasteiger partial charge is 0.494 e. The maximum absolute atomic E-state index is 12.9. The van der Waals surface area contributed by atoms with Crippen molar-refractivity contribution in [3.05, 3.63) is 84.4 Å². The van der Waals surface area contributed by atoms with E-state index in [2.05, 4.69) is 39.4 Å². The van der Waals surface area contributed by atoms with Gasteiger partial charge in [0.25, 0.3) is 17.7 Å². The number of nitrogens with one attached hydrogen (secondary N) is 2. The average molecular weight is 560 g/mol. The number of anilines is 1. The molecule has 1 fully saturated rings. The van der Waals surface area contributed by atoms with Gasteiger partial charge in [-0.25, -0.2) is 5.48 Å². The number of hydrogen-bond donors (Lipinski definition) is 3. The van der Waals surface area contributed by atoms with Crippen LogP contribution in [0.1, 0.15) is 16.8 Å². The lowest BCUT2D eigenvalue weighted by Crippen LogP contribution is -2.54. The predicted molar refractivity (Wildman–Crippen MR) is 157 cm³/mol. The number of carbonyl (C=O) groups excluding carboxylic acids is 3. The summed E-state index contributed by atoms with van der Waals surface area (Å²) < 4.78 is 5.96. The fourth-order valence-electron chi connectivity index (χ4n) is 4.89. The standard InChI is InChI=1S/C31H37N5O5/c1-32-29(37)28(30(38)33-40)34(2)31(39)25-11-9-23(10-12-25)24-13-15-27(16-14-24)41-22-6-17-35-18-20-36(21-19-35)26-7-4-3-5-8-26/h3-5,7-16,28,40H,6,17-22H2,1-2H3,(H,32,37)(H,33,38). The van der Waals surface area contributed by atoms with Crippen molar-refractivity contribution in [2.45, 2.75) is 12.5 Å². The van der Waals surface area contributed by atoms with Gasteiger partial charge in [-0.1, -0.05) is 42.5 Å². The van der Waals surface area contributed by atoms with E-state index < -0.39 is 23.8 Å². The lowest BCUT2D eigenvalue weighted by atomic mass is 10.0. The van der Waals surface area contributed by atoms with Crippen LogP contribution in [-0.2, 0) is 9.59 Å². The highest BCUT2D eigenvalue weighted by Gasteiger charge is 2.33. The van der Waals surface area contributed by atoms with Gasteiger partial charge in [-0.15, -0.1) is 0 Å². The molecule has 1 atom stereocenters. The van der Waals surface area contributed by atoms with Gasteiger partial charge in [0.05, 0.1) is 6.61 Å². The van der Waals surface area contributed by atoms with Crippen LogP contribution in [0.4, 0.5) is 5.69 Å². The van der Waals surface area contributed by atoms with E-state index >= 15 is 0 Å². The molecule has 0 aromatic heterocycles. The van der Waals surface area contributed by atoms with E-state index in [1.165, 1.54) is 25.3 Å². The number of hydroxylamine groups is 1. The van der Waals surface area contributed by atoms with Crippen LogP contribution < -0.4 is 20.4 Å². The Morgan fingerprint density at radius 3 is 2.07 bits per heavy atom. The summed E-state index contributed by atoms with van der Waals surface area (Å²) in [5.41, 5.74) is 4.89. The van der Waals surface area contributed by atoms with Gasteiger partial charge in [0.1, 0.15) is 5.75 Å². The molecule has 0 aliphatic carbocycles. The number of hydrogen-bond acceptors (Lipinski definition) is 7. The van der Waals surface area contributed by atoms with Crippen molar-refractivity contribution >= 4 is 23.4 Å². The number of piperazine rings is 1. The summed E-state index contributed by atoms with van der Waals surface area (Å²) in [4.78, 5) is 42.8. The summed E-state index contributed by atoms with van der Waals surface area (Å²) >= 11 is 0. The van der Waals surface area contributed by atoms with Crippen molar-refractivity contribution in [2.75, 3.05) is 58.3 Å². The molecule has 41 heavy (non-hydrogen) atoms. The van der Waals surface area contributed by atoms with E-state index in [0.717, 1.165) is 60.9 Å². The maximum atomic E-state index is 12.9. The normalized spacial score (nSPS) is 14.2. The first kappa shape index (κ1) is 29.6. The summed E-state index contributed by atoms with van der Waals surface area (Å²) in [6.45, 7) is 5.84. The molecule has 3 aromatic carbocycles. The van der Waals surface area contributed by atoms with Crippen LogP contribution in [0.15, 0.2) is 78.9 Å². The molecule has 10 nitrogen and oxygen atoms in total. The molecule has 3 amide bonds. The highest BCUT2D eigenvalue weighted by molar-refractivity contribution is 6.08. The first-order valence-electron chi connectivity index (χ1n) is 13.7. The Balaban J connectivity index is 1.23. The zero-order chi connectivity index (χ0) is 29.2. The minimum atomic E-state index is -1.51. The molecular formula is C31H37N5O5. The summed E-state index contributed by atoms with van der Waals surface area (Å²) in [7, 11) is 2.68. The van der Waals surface area contributed by atoms with Crippen molar-refractivity contribution in [2.24, 2.45) is 0 Å². The monoisotopic (exact) mass is 559 g/mol. The molecular weight excluding hydrogens is 522 g/mol. The van der Waals surface area contributed by atoms with Crippen LogP contribution in [0.25, 0.3) is 11.1 Å². The highest BCUT2D eigenvalue weighted by atomic mass is 16.5. The molecule has 10 heteroatoms. The molecule has 0 bridgehead atoms. The number of rotatable bonds is 11. The zero-order valence-electron chi connectivity index (χ0n) is 23.5. The summed E-state index contributed by atoms with van der Waals surface area (Å²) in [5, 5.41) is 11.3. The molecule has 0 spiro atoms. The van der Waals surface area contributed by atoms with Crippen molar-refractivity contribution in [1.29, 1.82) is 0 Å². The van der Waals surface area contributed by atoms with E-state index in [1.807, 2.05) is 30.3 Å². The predicted octanol–water partition coefficient (Wildman–Crippen LogP) is 2.64. The van der Waals surface area contributed by atoms with E-state index in [-0.39, 0.29) is 0 Å². The molecule has 1 aliphatic heterocycles. The fourth-order valence-corrected chi connectivity index (χ4v) is 4.89. The van der Waals surface area contributed by atoms with E-state index in [1.54, 1.807) is 24.3 Å².